The van der Waals surface area contributed by atoms with Crippen LogP contribution in [0.5, 0.6) is 5.75 Å². The number of nitrogens with zero attached hydrogens (tertiary/aromatic N) is 1. The Labute approximate surface area is 145 Å². The molecule has 24 heavy (non-hydrogen) atoms. The zero-order valence-electron chi connectivity index (χ0n) is 15.1. The third-order valence-electron chi connectivity index (χ3n) is 5.13. The summed E-state index contributed by atoms with van der Waals surface area (Å²) >= 11 is 0. The SMILES string of the molecule is CCN1C[C@@H](Oc2ccc3c(c2)COC3=O)CCCC1CC(C)C. The number of hydrogen-bond donors (Lipinski definition) is 0. The largest absolute Gasteiger partial charge is 0.489 e. The Bertz CT molecular complexity index is 584. The third kappa shape index (κ3) is 3.92. The van der Waals surface area contributed by atoms with E-state index in [1.54, 1.807) is 0 Å². The summed E-state index contributed by atoms with van der Waals surface area (Å²) in [6.45, 7) is 9.28. The van der Waals surface area contributed by atoms with Crippen LogP contribution in [0.2, 0.25) is 0 Å². The Morgan fingerprint density at radius 1 is 1.33 bits per heavy atom. The van der Waals surface area contributed by atoms with Crippen LogP contribution >= 0.6 is 0 Å². The highest BCUT2D eigenvalue weighted by molar-refractivity contribution is 5.93. The third-order valence-corrected chi connectivity index (χ3v) is 5.13. The van der Waals surface area contributed by atoms with E-state index in [9.17, 15) is 4.79 Å². The molecule has 1 saturated heterocycles. The van der Waals surface area contributed by atoms with Crippen LogP contribution in [0.3, 0.4) is 0 Å². The maximum atomic E-state index is 11.5. The number of hydrogen-bond acceptors (Lipinski definition) is 4. The van der Waals surface area contributed by atoms with E-state index in [-0.39, 0.29) is 12.1 Å². The highest BCUT2D eigenvalue weighted by Crippen LogP contribution is 2.28. The molecule has 132 valence electrons. The van der Waals surface area contributed by atoms with Gasteiger partial charge < -0.3 is 9.47 Å². The van der Waals surface area contributed by atoms with Crippen molar-refractivity contribution < 1.29 is 14.3 Å². The molecule has 1 unspecified atom stereocenters. The van der Waals surface area contributed by atoms with Crippen molar-refractivity contribution in [1.29, 1.82) is 0 Å². The predicted molar refractivity (Wildman–Crippen MR) is 94.3 cm³/mol. The Kier molecular flexibility index (Phi) is 5.44. The fraction of sp³-hybridized carbons (Fsp3) is 0.650. The summed E-state index contributed by atoms with van der Waals surface area (Å²) in [5.74, 6) is 1.37. The van der Waals surface area contributed by atoms with Crippen LogP contribution in [0.25, 0.3) is 0 Å². The van der Waals surface area contributed by atoms with E-state index < -0.39 is 0 Å². The molecule has 4 heteroatoms. The van der Waals surface area contributed by atoms with Crippen LogP contribution in [0.4, 0.5) is 0 Å². The van der Waals surface area contributed by atoms with E-state index in [1.807, 2.05) is 18.2 Å². The number of likely N-dealkylation sites (tertiary alicyclic amines) is 1. The maximum Gasteiger partial charge on any atom is 0.338 e. The number of carbonyl (C=O) groups is 1. The topological polar surface area (TPSA) is 38.8 Å². The number of benzene rings is 1. The quantitative estimate of drug-likeness (QED) is 0.764. The first kappa shape index (κ1) is 17.3. The van der Waals surface area contributed by atoms with Gasteiger partial charge in [0.15, 0.2) is 0 Å². The molecule has 1 aromatic carbocycles. The van der Waals surface area contributed by atoms with Crippen LogP contribution in [0, 0.1) is 5.92 Å². The van der Waals surface area contributed by atoms with Crippen molar-refractivity contribution in [1.82, 2.24) is 4.90 Å². The van der Waals surface area contributed by atoms with Gasteiger partial charge in [-0.05, 0) is 56.3 Å². The standard InChI is InChI=1S/C20H29NO3/c1-4-21-12-18(7-5-6-16(21)10-14(2)3)24-17-8-9-19-15(11-17)13-23-20(19)22/h8-9,11,14,16,18H,4-7,10,12-13H2,1-3H3/t16?,18-/m0/s1. The molecular formula is C20H29NO3. The van der Waals surface area contributed by atoms with Crippen molar-refractivity contribution in [2.75, 3.05) is 13.1 Å². The van der Waals surface area contributed by atoms with E-state index in [0.717, 1.165) is 36.7 Å². The maximum absolute atomic E-state index is 11.5. The lowest BCUT2D eigenvalue weighted by molar-refractivity contribution is 0.0535. The van der Waals surface area contributed by atoms with Crippen LogP contribution in [0.15, 0.2) is 18.2 Å². The van der Waals surface area contributed by atoms with Crippen molar-refractivity contribution in [3.8, 4) is 5.75 Å². The average molecular weight is 331 g/mol. The van der Waals surface area contributed by atoms with Gasteiger partial charge in [0.25, 0.3) is 0 Å². The Hall–Kier alpha value is -1.55. The van der Waals surface area contributed by atoms with E-state index in [4.69, 9.17) is 9.47 Å². The minimum atomic E-state index is -0.222. The second-order valence-corrected chi connectivity index (χ2v) is 7.44. The number of ether oxygens (including phenoxy) is 2. The van der Waals surface area contributed by atoms with Gasteiger partial charge in [0, 0.05) is 18.2 Å². The summed E-state index contributed by atoms with van der Waals surface area (Å²) in [7, 11) is 0. The smallest absolute Gasteiger partial charge is 0.338 e. The molecule has 0 N–H and O–H groups in total. The number of cyclic esters (lactones) is 1. The first-order valence-corrected chi connectivity index (χ1v) is 9.27. The summed E-state index contributed by atoms with van der Waals surface area (Å²) in [4.78, 5) is 14.1. The van der Waals surface area contributed by atoms with E-state index >= 15 is 0 Å². The fourth-order valence-electron chi connectivity index (χ4n) is 3.94. The van der Waals surface area contributed by atoms with Gasteiger partial charge in [0.1, 0.15) is 18.5 Å². The molecule has 2 heterocycles. The molecule has 0 aliphatic carbocycles. The molecule has 0 amide bonds. The van der Waals surface area contributed by atoms with E-state index in [2.05, 4.69) is 25.7 Å². The predicted octanol–water partition coefficient (Wildman–Crippen LogP) is 4.02. The van der Waals surface area contributed by atoms with Crippen molar-refractivity contribution in [2.45, 2.75) is 65.2 Å². The molecular weight excluding hydrogens is 302 g/mol. The first-order chi connectivity index (χ1) is 11.6. The number of likely N-dealkylation sites (N-methyl/N-ethyl adjacent to an activating group) is 1. The summed E-state index contributed by atoms with van der Waals surface area (Å²) in [6.07, 6.45) is 5.05. The van der Waals surface area contributed by atoms with Gasteiger partial charge in [-0.2, -0.15) is 0 Å². The van der Waals surface area contributed by atoms with Crippen molar-refractivity contribution >= 4 is 5.97 Å². The van der Waals surface area contributed by atoms with Crippen LogP contribution in [0.1, 0.15) is 62.4 Å². The molecule has 0 aromatic heterocycles. The summed E-state index contributed by atoms with van der Waals surface area (Å²) in [5.41, 5.74) is 1.62. The van der Waals surface area contributed by atoms with Crippen LogP contribution in [-0.4, -0.2) is 36.1 Å². The van der Waals surface area contributed by atoms with Gasteiger partial charge in [0.2, 0.25) is 0 Å². The molecule has 2 aliphatic heterocycles. The van der Waals surface area contributed by atoms with Crippen molar-refractivity contribution in [2.24, 2.45) is 5.92 Å². The molecule has 3 rings (SSSR count). The molecule has 0 radical (unpaired) electrons. The van der Waals surface area contributed by atoms with Gasteiger partial charge in [-0.25, -0.2) is 4.79 Å². The van der Waals surface area contributed by atoms with Crippen molar-refractivity contribution in [3.63, 3.8) is 0 Å². The molecule has 0 saturated carbocycles. The minimum absolute atomic E-state index is 0.221. The highest BCUT2D eigenvalue weighted by atomic mass is 16.5. The van der Waals surface area contributed by atoms with Crippen LogP contribution in [-0.2, 0) is 11.3 Å². The first-order valence-electron chi connectivity index (χ1n) is 9.27. The van der Waals surface area contributed by atoms with Crippen molar-refractivity contribution in [3.05, 3.63) is 29.3 Å². The summed E-state index contributed by atoms with van der Waals surface area (Å²) in [5, 5.41) is 0. The molecule has 1 fully saturated rings. The van der Waals surface area contributed by atoms with Gasteiger partial charge in [-0.15, -0.1) is 0 Å². The number of esters is 1. The molecule has 4 nitrogen and oxygen atoms in total. The second-order valence-electron chi connectivity index (χ2n) is 7.44. The lowest BCUT2D eigenvalue weighted by atomic mass is 9.99. The highest BCUT2D eigenvalue weighted by Gasteiger charge is 2.27. The summed E-state index contributed by atoms with van der Waals surface area (Å²) in [6, 6.07) is 6.37. The van der Waals surface area contributed by atoms with Gasteiger partial charge in [-0.1, -0.05) is 20.8 Å². The fourth-order valence-corrected chi connectivity index (χ4v) is 3.94. The molecule has 0 bridgehead atoms. The Morgan fingerprint density at radius 3 is 2.92 bits per heavy atom. The lowest BCUT2D eigenvalue weighted by Gasteiger charge is -2.31. The zero-order valence-corrected chi connectivity index (χ0v) is 15.1. The lowest BCUT2D eigenvalue weighted by Crippen LogP contribution is -2.40. The Morgan fingerprint density at radius 2 is 2.17 bits per heavy atom. The van der Waals surface area contributed by atoms with E-state index in [0.29, 0.717) is 18.2 Å². The number of rotatable bonds is 5. The molecule has 2 atom stereocenters. The molecule has 2 aliphatic rings. The van der Waals surface area contributed by atoms with Crippen LogP contribution < -0.4 is 4.74 Å². The van der Waals surface area contributed by atoms with Gasteiger partial charge in [-0.3, -0.25) is 4.90 Å². The zero-order chi connectivity index (χ0) is 17.1. The second kappa shape index (κ2) is 7.56. The number of carbonyl (C=O) groups excluding carboxylic acids is 1. The summed E-state index contributed by atoms with van der Waals surface area (Å²) < 4.78 is 11.3. The monoisotopic (exact) mass is 331 g/mol. The minimum Gasteiger partial charge on any atom is -0.489 e. The van der Waals surface area contributed by atoms with E-state index in [1.165, 1.54) is 19.3 Å². The number of fused-ring (bicyclic) bond motifs is 1. The Balaban J connectivity index is 1.66. The average Bonchev–Trinajstić information content (AvgIpc) is 2.80. The molecule has 0 spiro atoms. The normalized spacial score (nSPS) is 24.6. The molecule has 1 aromatic rings. The van der Waals surface area contributed by atoms with Gasteiger partial charge in [0.05, 0.1) is 5.56 Å². The van der Waals surface area contributed by atoms with Gasteiger partial charge >= 0.3 is 5.97 Å².